The van der Waals surface area contributed by atoms with Gasteiger partial charge in [-0.05, 0) is 6.72 Å². The van der Waals surface area contributed by atoms with Crippen LogP contribution in [-0.4, -0.2) is 23.6 Å². The van der Waals surface area contributed by atoms with Crippen LogP contribution in [0.1, 0.15) is 13.8 Å². The molecule has 0 aliphatic rings. The van der Waals surface area contributed by atoms with E-state index < -0.39 is 11.9 Å². The van der Waals surface area contributed by atoms with Gasteiger partial charge in [-0.1, -0.05) is 13.8 Å². The quantitative estimate of drug-likeness (QED) is 0.473. The fourth-order valence-corrected chi connectivity index (χ4v) is 0.595. The number of carbonyl (C=O) groups is 1. The molecule has 0 heterocycles. The Balaban J connectivity index is 4.23. The van der Waals surface area contributed by atoms with Crippen molar-refractivity contribution < 1.29 is 9.90 Å². The van der Waals surface area contributed by atoms with Gasteiger partial charge in [0.15, 0.2) is 0 Å². The van der Waals surface area contributed by atoms with Gasteiger partial charge in [0.25, 0.3) is 0 Å². The number of hydrogen-bond donors (Lipinski definition) is 2. The molecule has 0 aliphatic carbocycles. The number of aliphatic carboxylic acids is 1. The molecule has 2 atom stereocenters. The first-order valence-corrected chi connectivity index (χ1v) is 3.28. The van der Waals surface area contributed by atoms with Crippen LogP contribution in [0.5, 0.6) is 0 Å². The van der Waals surface area contributed by atoms with Crippen molar-refractivity contribution in [3.63, 3.8) is 0 Å². The molecule has 62 valence electrons. The van der Waals surface area contributed by atoms with E-state index in [1.54, 1.807) is 13.8 Å². The van der Waals surface area contributed by atoms with Crippen LogP contribution >= 0.6 is 0 Å². The summed E-state index contributed by atoms with van der Waals surface area (Å²) in [6.45, 7) is 6.35. The number of nitrogens with zero attached hydrogens (tertiary/aromatic N) is 1. The highest BCUT2D eigenvalue weighted by Crippen LogP contribution is 2.12. The van der Waals surface area contributed by atoms with Crippen molar-refractivity contribution in [3.05, 3.63) is 0 Å². The van der Waals surface area contributed by atoms with Crippen LogP contribution < -0.4 is 0 Å². The Labute approximate surface area is 65.5 Å². The molecule has 2 N–H and O–H groups in total. The number of carboxylic acids is 1. The van der Waals surface area contributed by atoms with E-state index in [9.17, 15) is 4.79 Å². The number of rotatable bonds is 3. The van der Waals surface area contributed by atoms with Gasteiger partial charge in [-0.15, -0.1) is 0 Å². The van der Waals surface area contributed by atoms with E-state index >= 15 is 0 Å². The van der Waals surface area contributed by atoms with E-state index in [0.717, 1.165) is 0 Å². The Hall–Kier alpha value is -1.19. The van der Waals surface area contributed by atoms with E-state index in [1.165, 1.54) is 0 Å². The first-order valence-electron chi connectivity index (χ1n) is 3.28. The van der Waals surface area contributed by atoms with E-state index in [0.29, 0.717) is 0 Å². The summed E-state index contributed by atoms with van der Waals surface area (Å²) in [4.78, 5) is 13.8. The minimum absolute atomic E-state index is 0.0277. The molecular weight excluding hydrogens is 144 g/mol. The summed E-state index contributed by atoms with van der Waals surface area (Å²) in [5.74, 6) is -1.83. The van der Waals surface area contributed by atoms with Crippen LogP contribution in [0.3, 0.4) is 0 Å². The Morgan fingerprint density at radius 3 is 2.27 bits per heavy atom. The van der Waals surface area contributed by atoms with E-state index in [4.69, 9.17) is 10.5 Å². The van der Waals surface area contributed by atoms with Crippen LogP contribution in [0.2, 0.25) is 0 Å². The maximum atomic E-state index is 10.4. The Morgan fingerprint density at radius 1 is 1.55 bits per heavy atom. The minimum Gasteiger partial charge on any atom is -0.481 e. The molecular formula is C7H12N2O2. The zero-order valence-electron chi connectivity index (χ0n) is 6.66. The number of amidine groups is 1. The van der Waals surface area contributed by atoms with Gasteiger partial charge in [-0.2, -0.15) is 0 Å². The normalized spacial score (nSPS) is 15.1. The maximum Gasteiger partial charge on any atom is 0.306 e. The van der Waals surface area contributed by atoms with Crippen LogP contribution in [0.25, 0.3) is 0 Å². The van der Waals surface area contributed by atoms with Crippen molar-refractivity contribution in [2.75, 3.05) is 0 Å². The summed E-state index contributed by atoms with van der Waals surface area (Å²) in [5.41, 5.74) is 0. The zero-order valence-corrected chi connectivity index (χ0v) is 6.66. The standard InChI is InChI=1S/C7H12N2O2/c1-4(6(8)9-3)5(2)7(10)11/h4-5,8H,3H2,1-2H3,(H,10,11)/t4-,5+/m1/s1. The molecule has 0 bridgehead atoms. The Kier molecular flexibility index (Phi) is 3.44. The first-order chi connectivity index (χ1) is 5.00. The zero-order chi connectivity index (χ0) is 9.02. The van der Waals surface area contributed by atoms with Crippen molar-refractivity contribution in [2.45, 2.75) is 13.8 Å². The molecule has 0 aromatic carbocycles. The highest BCUT2D eigenvalue weighted by atomic mass is 16.4. The highest BCUT2D eigenvalue weighted by molar-refractivity contribution is 5.88. The lowest BCUT2D eigenvalue weighted by molar-refractivity contribution is -0.141. The molecule has 0 aromatic rings. The van der Waals surface area contributed by atoms with Crippen molar-refractivity contribution in [1.82, 2.24) is 0 Å². The largest absolute Gasteiger partial charge is 0.481 e. The predicted octanol–water partition coefficient (Wildman–Crippen LogP) is 1.02. The van der Waals surface area contributed by atoms with Gasteiger partial charge in [0, 0.05) is 5.92 Å². The number of nitrogens with one attached hydrogen (secondary N) is 1. The molecule has 4 heteroatoms. The third kappa shape index (κ3) is 2.49. The lowest BCUT2D eigenvalue weighted by atomic mass is 9.95. The summed E-state index contributed by atoms with van der Waals surface area (Å²) >= 11 is 0. The predicted molar refractivity (Wildman–Crippen MR) is 43.2 cm³/mol. The second kappa shape index (κ2) is 3.85. The molecule has 0 radical (unpaired) electrons. The average Bonchev–Trinajstić information content (AvgIpc) is 2.00. The maximum absolute atomic E-state index is 10.4. The molecule has 0 spiro atoms. The SMILES string of the molecule is C=NC(=N)[C@H](C)[C@H](C)C(=O)O. The van der Waals surface area contributed by atoms with Crippen LogP contribution in [0, 0.1) is 17.2 Å². The average molecular weight is 156 g/mol. The Morgan fingerprint density at radius 2 is 2.00 bits per heavy atom. The third-order valence-corrected chi connectivity index (χ3v) is 1.74. The molecule has 0 unspecified atom stereocenters. The molecule has 0 rings (SSSR count). The second-order valence-electron chi connectivity index (χ2n) is 2.46. The number of hydrogen-bond acceptors (Lipinski definition) is 2. The van der Waals surface area contributed by atoms with Gasteiger partial charge in [0.1, 0.15) is 5.84 Å². The summed E-state index contributed by atoms with van der Waals surface area (Å²) in [6, 6.07) is 0. The van der Waals surface area contributed by atoms with Gasteiger partial charge >= 0.3 is 5.97 Å². The van der Waals surface area contributed by atoms with Crippen LogP contribution in [-0.2, 0) is 4.79 Å². The summed E-state index contributed by atoms with van der Waals surface area (Å²) in [7, 11) is 0. The number of carboxylic acid groups (broad SMARTS) is 1. The topological polar surface area (TPSA) is 73.5 Å². The summed E-state index contributed by atoms with van der Waals surface area (Å²) in [6.07, 6.45) is 0. The van der Waals surface area contributed by atoms with Gasteiger partial charge in [0.05, 0.1) is 5.92 Å². The molecule has 0 amide bonds. The molecule has 0 aliphatic heterocycles. The van der Waals surface area contributed by atoms with Crippen molar-refractivity contribution in [2.24, 2.45) is 16.8 Å². The smallest absolute Gasteiger partial charge is 0.306 e. The van der Waals surface area contributed by atoms with Gasteiger partial charge in [0.2, 0.25) is 0 Å². The van der Waals surface area contributed by atoms with E-state index in [2.05, 4.69) is 11.7 Å². The number of aliphatic imine (C=N–C) groups is 1. The van der Waals surface area contributed by atoms with Crippen LogP contribution in [0.15, 0.2) is 4.99 Å². The molecule has 0 aromatic heterocycles. The Bertz CT molecular complexity index is 189. The van der Waals surface area contributed by atoms with E-state index in [1.807, 2.05) is 0 Å². The summed E-state index contributed by atoms with van der Waals surface area (Å²) < 4.78 is 0. The fraction of sp³-hybridized carbons (Fsp3) is 0.571. The monoisotopic (exact) mass is 156 g/mol. The third-order valence-electron chi connectivity index (χ3n) is 1.74. The minimum atomic E-state index is -0.911. The van der Waals surface area contributed by atoms with Crippen LogP contribution in [0.4, 0.5) is 0 Å². The molecule has 0 fully saturated rings. The highest BCUT2D eigenvalue weighted by Gasteiger charge is 2.22. The van der Waals surface area contributed by atoms with E-state index in [-0.39, 0.29) is 11.8 Å². The van der Waals surface area contributed by atoms with Crippen molar-refractivity contribution >= 4 is 18.5 Å². The lowest BCUT2D eigenvalue weighted by Crippen LogP contribution is -2.23. The van der Waals surface area contributed by atoms with Gasteiger partial charge < -0.3 is 5.11 Å². The summed E-state index contributed by atoms with van der Waals surface area (Å²) in [5, 5.41) is 15.7. The molecule has 0 saturated heterocycles. The first kappa shape index (κ1) is 9.81. The molecule has 4 nitrogen and oxygen atoms in total. The van der Waals surface area contributed by atoms with Crippen molar-refractivity contribution in [3.8, 4) is 0 Å². The lowest BCUT2D eigenvalue weighted by Gasteiger charge is -2.12. The van der Waals surface area contributed by atoms with Gasteiger partial charge in [-0.3, -0.25) is 10.2 Å². The molecule has 11 heavy (non-hydrogen) atoms. The van der Waals surface area contributed by atoms with Gasteiger partial charge in [-0.25, -0.2) is 4.99 Å². The van der Waals surface area contributed by atoms with Crippen molar-refractivity contribution in [1.29, 1.82) is 5.41 Å². The fourth-order valence-electron chi connectivity index (χ4n) is 0.595. The second-order valence-corrected chi connectivity index (χ2v) is 2.46. The molecule has 0 saturated carbocycles.